The fraction of sp³-hybridized carbons (Fsp3) is 0.625. The molecule has 0 bridgehead atoms. The number of nitrogens with one attached hydrogen (secondary N) is 2. The van der Waals surface area contributed by atoms with E-state index >= 15 is 0 Å². The zero-order valence-electron chi connectivity index (χ0n) is 13.6. The molecule has 122 valence electrons. The number of nitrogens with zero attached hydrogens (tertiary/aromatic N) is 3. The Morgan fingerprint density at radius 1 is 1.59 bits per heavy atom. The Hall–Kier alpha value is -1.23. The average Bonchev–Trinajstić information content (AvgIpc) is 2.88. The highest BCUT2D eigenvalue weighted by atomic mass is 127. The molecule has 1 heterocycles. The van der Waals surface area contributed by atoms with Crippen LogP contribution in [-0.2, 0) is 12.8 Å². The van der Waals surface area contributed by atoms with Gasteiger partial charge in [-0.1, -0.05) is 5.92 Å². The second kappa shape index (κ2) is 9.03. The van der Waals surface area contributed by atoms with Gasteiger partial charge in [0.1, 0.15) is 6.54 Å². The van der Waals surface area contributed by atoms with Crippen molar-refractivity contribution in [3.63, 3.8) is 0 Å². The summed E-state index contributed by atoms with van der Waals surface area (Å²) in [5.41, 5.74) is 2.59. The highest BCUT2D eigenvalue weighted by Crippen LogP contribution is 2.21. The van der Waals surface area contributed by atoms with E-state index in [1.807, 2.05) is 0 Å². The zero-order valence-corrected chi connectivity index (χ0v) is 15.9. The van der Waals surface area contributed by atoms with Crippen LogP contribution >= 0.6 is 24.0 Å². The van der Waals surface area contributed by atoms with Crippen molar-refractivity contribution < 1.29 is 0 Å². The third-order valence-electron chi connectivity index (χ3n) is 3.64. The van der Waals surface area contributed by atoms with E-state index < -0.39 is 0 Å². The van der Waals surface area contributed by atoms with E-state index in [0.29, 0.717) is 18.6 Å². The van der Waals surface area contributed by atoms with Gasteiger partial charge in [0.05, 0.1) is 5.69 Å². The summed E-state index contributed by atoms with van der Waals surface area (Å²) in [6, 6.07) is 0.778. The topological polar surface area (TPSA) is 54.2 Å². The second-order valence-corrected chi connectivity index (χ2v) is 5.66. The van der Waals surface area contributed by atoms with Crippen molar-refractivity contribution in [2.24, 2.45) is 4.99 Å². The summed E-state index contributed by atoms with van der Waals surface area (Å²) < 4.78 is 2.06. The van der Waals surface area contributed by atoms with Crippen molar-refractivity contribution in [1.82, 2.24) is 20.4 Å². The van der Waals surface area contributed by atoms with Gasteiger partial charge in [-0.15, -0.1) is 30.4 Å². The predicted molar refractivity (Wildman–Crippen MR) is 102 cm³/mol. The van der Waals surface area contributed by atoms with Gasteiger partial charge in [0, 0.05) is 31.2 Å². The molecule has 0 fully saturated rings. The molecule has 1 aromatic heterocycles. The molecule has 2 N–H and O–H groups in total. The first-order valence-corrected chi connectivity index (χ1v) is 7.69. The lowest BCUT2D eigenvalue weighted by atomic mass is 9.94. The molecule has 1 aliphatic rings. The quantitative estimate of drug-likeness (QED) is 0.343. The molecule has 1 aliphatic carbocycles. The number of fused-ring (bicyclic) bond motifs is 1. The van der Waals surface area contributed by atoms with Crippen LogP contribution in [0.3, 0.4) is 0 Å². The maximum Gasteiger partial charge on any atom is 0.192 e. The monoisotopic (exact) mass is 415 g/mol. The van der Waals surface area contributed by atoms with Crippen LogP contribution in [-0.4, -0.2) is 34.9 Å². The molecule has 5 nitrogen and oxygen atoms in total. The number of aliphatic imine (C=N–C) groups is 1. The number of hydrogen-bond acceptors (Lipinski definition) is 2. The SMILES string of the molecule is C#CCN=C(NCC)NC1CCc2cn(C(C)C)nc2C1.I. The molecule has 1 atom stereocenters. The van der Waals surface area contributed by atoms with Crippen LogP contribution in [0.1, 0.15) is 44.5 Å². The molecule has 0 aromatic carbocycles. The largest absolute Gasteiger partial charge is 0.357 e. The molecule has 0 radical (unpaired) electrons. The van der Waals surface area contributed by atoms with Gasteiger partial charge >= 0.3 is 0 Å². The fourth-order valence-electron chi connectivity index (χ4n) is 2.54. The lowest BCUT2D eigenvalue weighted by Crippen LogP contribution is -2.45. The molecule has 1 aromatic rings. The van der Waals surface area contributed by atoms with Gasteiger partial charge in [-0.25, -0.2) is 4.99 Å². The maximum atomic E-state index is 5.28. The summed E-state index contributed by atoms with van der Waals surface area (Å²) in [7, 11) is 0. The molecule has 22 heavy (non-hydrogen) atoms. The van der Waals surface area contributed by atoms with Gasteiger partial charge in [0.25, 0.3) is 0 Å². The lowest BCUT2D eigenvalue weighted by Gasteiger charge is -2.24. The summed E-state index contributed by atoms with van der Waals surface area (Å²) in [5, 5.41) is 11.4. The molecule has 0 spiro atoms. The van der Waals surface area contributed by atoms with Crippen LogP contribution in [0.25, 0.3) is 0 Å². The summed E-state index contributed by atoms with van der Waals surface area (Å²) in [6.07, 6.45) is 10.6. The van der Waals surface area contributed by atoms with Gasteiger partial charge < -0.3 is 10.6 Å². The Balaban J connectivity index is 0.00000242. The minimum Gasteiger partial charge on any atom is -0.357 e. The number of aryl methyl sites for hydroxylation is 1. The van der Waals surface area contributed by atoms with Gasteiger partial charge in [-0.05, 0) is 39.2 Å². The number of rotatable bonds is 4. The van der Waals surface area contributed by atoms with Gasteiger partial charge in [0.2, 0.25) is 0 Å². The smallest absolute Gasteiger partial charge is 0.192 e. The number of halogens is 1. The Morgan fingerprint density at radius 2 is 2.36 bits per heavy atom. The molecule has 2 rings (SSSR count). The van der Waals surface area contributed by atoms with Crippen molar-refractivity contribution in [1.29, 1.82) is 0 Å². The van der Waals surface area contributed by atoms with Crippen molar-refractivity contribution in [2.45, 2.75) is 52.1 Å². The Labute approximate surface area is 150 Å². The Bertz CT molecular complexity index is 541. The predicted octanol–water partition coefficient (Wildman–Crippen LogP) is 2.13. The number of guanidine groups is 1. The van der Waals surface area contributed by atoms with Crippen molar-refractivity contribution in [2.75, 3.05) is 13.1 Å². The molecule has 0 saturated heterocycles. The average molecular weight is 415 g/mol. The van der Waals surface area contributed by atoms with Gasteiger partial charge in [-0.2, -0.15) is 5.10 Å². The summed E-state index contributed by atoms with van der Waals surface area (Å²) >= 11 is 0. The van der Waals surface area contributed by atoms with E-state index in [4.69, 9.17) is 11.5 Å². The first-order chi connectivity index (χ1) is 10.1. The van der Waals surface area contributed by atoms with Crippen LogP contribution in [0, 0.1) is 12.3 Å². The van der Waals surface area contributed by atoms with E-state index in [2.05, 4.69) is 53.2 Å². The third kappa shape index (κ3) is 4.90. The van der Waals surface area contributed by atoms with Gasteiger partial charge in [-0.3, -0.25) is 4.68 Å². The summed E-state index contributed by atoms with van der Waals surface area (Å²) in [5.74, 6) is 3.34. The van der Waals surface area contributed by atoms with Gasteiger partial charge in [0.15, 0.2) is 5.96 Å². The van der Waals surface area contributed by atoms with E-state index in [1.54, 1.807) is 0 Å². The molecular formula is C16H26IN5. The standard InChI is InChI=1S/C16H25N5.HI/c1-5-9-18-16(17-6-2)19-14-8-7-13-11-21(12(3)4)20-15(13)10-14;/h1,11-12,14H,6-10H2,2-4H3,(H2,17,18,19);1H. The summed E-state index contributed by atoms with van der Waals surface area (Å²) in [6.45, 7) is 7.59. The third-order valence-corrected chi connectivity index (χ3v) is 3.64. The molecule has 0 amide bonds. The molecule has 6 heteroatoms. The van der Waals surface area contributed by atoms with Crippen LogP contribution in [0.2, 0.25) is 0 Å². The fourth-order valence-corrected chi connectivity index (χ4v) is 2.54. The van der Waals surface area contributed by atoms with E-state index in [9.17, 15) is 0 Å². The molecule has 0 saturated carbocycles. The van der Waals surface area contributed by atoms with Crippen LogP contribution in [0.15, 0.2) is 11.2 Å². The first-order valence-electron chi connectivity index (χ1n) is 7.69. The number of aromatic nitrogens is 2. The van der Waals surface area contributed by atoms with Crippen LogP contribution in [0.5, 0.6) is 0 Å². The minimum absolute atomic E-state index is 0. The molecule has 0 aliphatic heterocycles. The highest BCUT2D eigenvalue weighted by Gasteiger charge is 2.22. The van der Waals surface area contributed by atoms with E-state index in [-0.39, 0.29) is 24.0 Å². The Morgan fingerprint density at radius 3 is 3.00 bits per heavy atom. The van der Waals surface area contributed by atoms with Crippen LogP contribution in [0.4, 0.5) is 0 Å². The zero-order chi connectivity index (χ0) is 15.2. The minimum atomic E-state index is 0. The highest BCUT2D eigenvalue weighted by molar-refractivity contribution is 14.0. The number of hydrogen-bond donors (Lipinski definition) is 2. The lowest BCUT2D eigenvalue weighted by molar-refractivity contribution is 0.500. The van der Waals surface area contributed by atoms with E-state index in [1.165, 1.54) is 11.3 Å². The number of terminal acetylenes is 1. The van der Waals surface area contributed by atoms with E-state index in [0.717, 1.165) is 31.8 Å². The second-order valence-electron chi connectivity index (χ2n) is 5.66. The van der Waals surface area contributed by atoms with Crippen LogP contribution < -0.4 is 10.6 Å². The maximum absolute atomic E-state index is 5.28. The van der Waals surface area contributed by atoms with Crippen molar-refractivity contribution >= 4 is 29.9 Å². The van der Waals surface area contributed by atoms with Crippen molar-refractivity contribution in [3.8, 4) is 12.3 Å². The molecule has 1 unspecified atom stereocenters. The van der Waals surface area contributed by atoms with Crippen molar-refractivity contribution in [3.05, 3.63) is 17.5 Å². The normalized spacial score (nSPS) is 17.4. The molecular weight excluding hydrogens is 389 g/mol. The first kappa shape index (κ1) is 18.8. The Kier molecular flexibility index (Phi) is 7.73. The summed E-state index contributed by atoms with van der Waals surface area (Å²) in [4.78, 5) is 4.35.